The minimum Gasteiger partial charge on any atom is -0.480 e. The fourth-order valence-corrected chi connectivity index (χ4v) is 1.44. The first-order chi connectivity index (χ1) is 8.65. The second-order valence-electron chi connectivity index (χ2n) is 3.36. The maximum atomic E-state index is 11.8. The number of hydrogen-bond donors (Lipinski definition) is 2. The van der Waals surface area contributed by atoms with Gasteiger partial charge in [-0.3, -0.25) is 9.59 Å². The molecule has 4 nitrogen and oxygen atoms in total. The number of carbonyl (C=O) groups is 2. The topological polar surface area (TPSA) is 66.4 Å². The van der Waals surface area contributed by atoms with Crippen LogP contribution in [0.25, 0.3) is 0 Å². The zero-order valence-electron chi connectivity index (χ0n) is 9.57. The summed E-state index contributed by atoms with van der Waals surface area (Å²) in [6.45, 7) is -0.401. The van der Waals surface area contributed by atoms with Crippen molar-refractivity contribution in [1.29, 1.82) is 0 Å². The van der Waals surface area contributed by atoms with Crippen LogP contribution in [0.5, 0.6) is 0 Å². The van der Waals surface area contributed by atoms with Crippen LogP contribution in [-0.2, 0) is 4.79 Å². The van der Waals surface area contributed by atoms with Crippen LogP contribution in [-0.4, -0.2) is 28.9 Å². The van der Waals surface area contributed by atoms with Crippen molar-refractivity contribution in [3.05, 3.63) is 35.4 Å². The normalized spacial score (nSPS) is 9.17. The fraction of sp³-hybridized carbons (Fsp3) is 0.231. The molecule has 0 saturated carbocycles. The smallest absolute Gasteiger partial charge is 0.322 e. The van der Waals surface area contributed by atoms with Crippen LogP contribution in [0.1, 0.15) is 22.3 Å². The first-order valence-corrected chi connectivity index (χ1v) is 6.41. The van der Waals surface area contributed by atoms with Gasteiger partial charge in [0.2, 0.25) is 0 Å². The molecule has 0 unspecified atom stereocenters. The van der Waals surface area contributed by atoms with Gasteiger partial charge in [-0.15, -0.1) is 0 Å². The van der Waals surface area contributed by atoms with E-state index in [9.17, 15) is 9.59 Å². The number of carboxylic acid groups (broad SMARTS) is 1. The molecule has 1 aromatic rings. The average Bonchev–Trinajstić information content (AvgIpc) is 2.37. The zero-order valence-corrected chi connectivity index (χ0v) is 11.2. The Morgan fingerprint density at radius 2 is 2.06 bits per heavy atom. The Morgan fingerprint density at radius 3 is 2.72 bits per heavy atom. The summed E-state index contributed by atoms with van der Waals surface area (Å²) in [6.07, 6.45) is 0.686. The first kappa shape index (κ1) is 14.3. The van der Waals surface area contributed by atoms with Gasteiger partial charge in [-0.1, -0.05) is 39.9 Å². The van der Waals surface area contributed by atoms with Gasteiger partial charge in [-0.05, 0) is 12.1 Å². The van der Waals surface area contributed by atoms with Crippen LogP contribution in [0.3, 0.4) is 0 Å². The van der Waals surface area contributed by atoms with Crippen molar-refractivity contribution in [2.75, 3.05) is 11.9 Å². The molecular formula is C13H12BrNO3. The number of halogens is 1. The lowest BCUT2D eigenvalue weighted by Gasteiger charge is -2.04. The highest BCUT2D eigenvalue weighted by molar-refractivity contribution is 9.09. The molecule has 1 aromatic carbocycles. The Bertz CT molecular complexity index is 502. The van der Waals surface area contributed by atoms with Crippen molar-refractivity contribution in [1.82, 2.24) is 5.32 Å². The van der Waals surface area contributed by atoms with Gasteiger partial charge in [0.25, 0.3) is 5.91 Å². The summed E-state index contributed by atoms with van der Waals surface area (Å²) < 4.78 is 0. The van der Waals surface area contributed by atoms with Gasteiger partial charge in [0.1, 0.15) is 6.54 Å². The van der Waals surface area contributed by atoms with Crippen LogP contribution >= 0.6 is 15.9 Å². The molecule has 0 saturated heterocycles. The lowest BCUT2D eigenvalue weighted by molar-refractivity contribution is -0.135. The number of hydrogen-bond acceptors (Lipinski definition) is 2. The third-order valence-corrected chi connectivity index (χ3v) is 2.41. The Labute approximate surface area is 114 Å². The maximum absolute atomic E-state index is 11.8. The molecule has 1 amide bonds. The molecule has 2 N–H and O–H groups in total. The van der Waals surface area contributed by atoms with Gasteiger partial charge in [-0.25, -0.2) is 0 Å². The van der Waals surface area contributed by atoms with Crippen LogP contribution < -0.4 is 5.32 Å². The van der Waals surface area contributed by atoms with Gasteiger partial charge < -0.3 is 10.4 Å². The van der Waals surface area contributed by atoms with Gasteiger partial charge >= 0.3 is 5.97 Å². The maximum Gasteiger partial charge on any atom is 0.322 e. The summed E-state index contributed by atoms with van der Waals surface area (Å²) >= 11 is 3.26. The molecule has 0 aliphatic carbocycles. The van der Waals surface area contributed by atoms with E-state index >= 15 is 0 Å². The lowest BCUT2D eigenvalue weighted by atomic mass is 10.1. The highest BCUT2D eigenvalue weighted by atomic mass is 79.9. The predicted molar refractivity (Wildman–Crippen MR) is 71.7 cm³/mol. The summed E-state index contributed by atoms with van der Waals surface area (Å²) in [4.78, 5) is 22.1. The van der Waals surface area contributed by atoms with Crippen LogP contribution in [0.2, 0.25) is 0 Å². The zero-order chi connectivity index (χ0) is 13.4. The third-order valence-electron chi connectivity index (χ3n) is 2.01. The first-order valence-electron chi connectivity index (χ1n) is 5.29. The minimum atomic E-state index is -1.08. The van der Waals surface area contributed by atoms with Crippen molar-refractivity contribution in [2.24, 2.45) is 0 Å². The summed E-state index contributed by atoms with van der Waals surface area (Å²) in [6, 6.07) is 6.85. The molecular weight excluding hydrogens is 298 g/mol. The quantitative estimate of drug-likeness (QED) is 0.656. The molecule has 5 heteroatoms. The van der Waals surface area contributed by atoms with E-state index in [1.54, 1.807) is 24.3 Å². The van der Waals surface area contributed by atoms with Crippen molar-refractivity contribution >= 4 is 27.8 Å². The molecule has 0 spiro atoms. The SMILES string of the molecule is O=C(O)CNC(=O)c1ccccc1C#CCCBr. The summed E-state index contributed by atoms with van der Waals surface area (Å²) in [5.74, 6) is 4.31. The predicted octanol–water partition coefficient (Wildman–Crippen LogP) is 1.64. The standard InChI is InChI=1S/C13H12BrNO3/c14-8-4-3-6-10-5-1-2-7-11(10)13(18)15-9-12(16)17/h1-2,5,7H,4,8-9H2,(H,15,18)(H,16,17). The number of nitrogens with one attached hydrogen (secondary N) is 1. The molecule has 0 bridgehead atoms. The van der Waals surface area contributed by atoms with E-state index in [2.05, 4.69) is 33.1 Å². The van der Waals surface area contributed by atoms with E-state index in [-0.39, 0.29) is 0 Å². The Kier molecular flexibility index (Phi) is 5.95. The number of rotatable bonds is 4. The second kappa shape index (κ2) is 7.51. The number of carboxylic acids is 1. The van der Waals surface area contributed by atoms with E-state index in [4.69, 9.17) is 5.11 Å². The van der Waals surface area contributed by atoms with Crippen molar-refractivity contribution in [2.45, 2.75) is 6.42 Å². The Balaban J connectivity index is 2.85. The lowest BCUT2D eigenvalue weighted by Crippen LogP contribution is -2.29. The number of amides is 1. The summed E-state index contributed by atoms with van der Waals surface area (Å²) in [5.41, 5.74) is 0.988. The van der Waals surface area contributed by atoms with Crippen LogP contribution in [0.15, 0.2) is 24.3 Å². The number of alkyl halides is 1. The highest BCUT2D eigenvalue weighted by Gasteiger charge is 2.10. The van der Waals surface area contributed by atoms with Crippen molar-refractivity contribution < 1.29 is 14.7 Å². The molecule has 0 fully saturated rings. The number of aliphatic carboxylic acids is 1. The van der Waals surface area contributed by atoms with E-state index in [1.807, 2.05) is 0 Å². The average molecular weight is 310 g/mol. The molecule has 94 valence electrons. The third kappa shape index (κ3) is 4.60. The molecule has 0 aromatic heterocycles. The van der Waals surface area contributed by atoms with Crippen LogP contribution in [0, 0.1) is 11.8 Å². The van der Waals surface area contributed by atoms with E-state index in [0.29, 0.717) is 17.5 Å². The molecule has 0 radical (unpaired) electrons. The summed E-state index contributed by atoms with van der Waals surface area (Å²) in [7, 11) is 0. The molecule has 0 aliphatic rings. The molecule has 0 atom stereocenters. The van der Waals surface area contributed by atoms with Gasteiger partial charge in [0.05, 0.1) is 5.56 Å². The molecule has 0 heterocycles. The van der Waals surface area contributed by atoms with Crippen molar-refractivity contribution in [3.8, 4) is 11.8 Å². The van der Waals surface area contributed by atoms with Gasteiger partial charge in [0, 0.05) is 17.3 Å². The fourth-order valence-electron chi connectivity index (χ4n) is 1.25. The van der Waals surface area contributed by atoms with Gasteiger partial charge in [0.15, 0.2) is 0 Å². The number of carbonyl (C=O) groups excluding carboxylic acids is 1. The highest BCUT2D eigenvalue weighted by Crippen LogP contribution is 2.07. The Hall–Kier alpha value is -1.80. The minimum absolute atomic E-state index is 0.390. The van der Waals surface area contributed by atoms with Gasteiger partial charge in [-0.2, -0.15) is 0 Å². The summed E-state index contributed by atoms with van der Waals surface area (Å²) in [5, 5.41) is 11.6. The monoisotopic (exact) mass is 309 g/mol. The number of benzene rings is 1. The van der Waals surface area contributed by atoms with E-state index < -0.39 is 18.4 Å². The largest absolute Gasteiger partial charge is 0.480 e. The van der Waals surface area contributed by atoms with E-state index in [1.165, 1.54) is 0 Å². The van der Waals surface area contributed by atoms with Crippen molar-refractivity contribution in [3.63, 3.8) is 0 Å². The molecule has 18 heavy (non-hydrogen) atoms. The van der Waals surface area contributed by atoms with E-state index in [0.717, 1.165) is 5.33 Å². The second-order valence-corrected chi connectivity index (χ2v) is 4.16. The molecule has 0 aliphatic heterocycles. The molecule has 1 rings (SSSR count). The Morgan fingerprint density at radius 1 is 1.33 bits per heavy atom. The van der Waals surface area contributed by atoms with Crippen LogP contribution in [0.4, 0.5) is 0 Å².